The molecule has 108 valence electrons. The fourth-order valence-corrected chi connectivity index (χ4v) is 3.39. The number of nitrogens with one attached hydrogen (secondary N) is 1. The number of carbonyl (C=O) groups excluding carboxylic acids is 1. The number of methoxy groups -OCH3 is 1. The van der Waals surface area contributed by atoms with Gasteiger partial charge in [0.25, 0.3) is 5.91 Å². The van der Waals surface area contributed by atoms with Crippen molar-refractivity contribution in [1.82, 2.24) is 15.2 Å². The Morgan fingerprint density at radius 3 is 3.15 bits per heavy atom. The van der Waals surface area contributed by atoms with E-state index in [1.165, 1.54) is 32.9 Å². The fraction of sp³-hybridized carbons (Fsp3) is 0.600. The summed E-state index contributed by atoms with van der Waals surface area (Å²) in [5.74, 6) is 0.316. The van der Waals surface area contributed by atoms with E-state index in [2.05, 4.69) is 15.2 Å². The molecule has 2 aliphatic heterocycles. The molecule has 3 heterocycles. The van der Waals surface area contributed by atoms with E-state index >= 15 is 0 Å². The summed E-state index contributed by atoms with van der Waals surface area (Å²) in [6.45, 7) is 2.27. The van der Waals surface area contributed by atoms with E-state index in [1.54, 1.807) is 18.3 Å². The predicted octanol–water partition coefficient (Wildman–Crippen LogP) is 1.45. The first-order valence-corrected chi connectivity index (χ1v) is 7.33. The van der Waals surface area contributed by atoms with Gasteiger partial charge in [0.05, 0.1) is 7.11 Å². The van der Waals surface area contributed by atoms with E-state index < -0.39 is 0 Å². The molecule has 0 aromatic carbocycles. The third kappa shape index (κ3) is 2.50. The maximum absolute atomic E-state index is 12.4. The zero-order valence-corrected chi connectivity index (χ0v) is 11.8. The Bertz CT molecular complexity index is 492. The van der Waals surface area contributed by atoms with Gasteiger partial charge in [-0.1, -0.05) is 6.42 Å². The summed E-state index contributed by atoms with van der Waals surface area (Å²) in [5, 5.41) is 3.17. The summed E-state index contributed by atoms with van der Waals surface area (Å²) < 4.78 is 5.16. The van der Waals surface area contributed by atoms with Gasteiger partial charge in [-0.15, -0.1) is 0 Å². The first-order chi connectivity index (χ1) is 9.79. The van der Waals surface area contributed by atoms with Gasteiger partial charge in [-0.05, 0) is 37.9 Å². The first kappa shape index (κ1) is 13.4. The van der Waals surface area contributed by atoms with Gasteiger partial charge in [-0.25, -0.2) is 4.98 Å². The lowest BCUT2D eigenvalue weighted by molar-refractivity contribution is 0.0911. The number of aromatic nitrogens is 1. The summed E-state index contributed by atoms with van der Waals surface area (Å²) in [6, 6.07) is 4.29. The smallest absolute Gasteiger partial charge is 0.257 e. The molecule has 0 aliphatic carbocycles. The van der Waals surface area contributed by atoms with Crippen LogP contribution in [0.5, 0.6) is 5.88 Å². The van der Waals surface area contributed by atoms with Crippen LogP contribution in [0.15, 0.2) is 18.3 Å². The highest BCUT2D eigenvalue weighted by Gasteiger charge is 2.36. The van der Waals surface area contributed by atoms with Crippen molar-refractivity contribution in [3.05, 3.63) is 23.9 Å². The number of rotatable bonds is 3. The van der Waals surface area contributed by atoms with E-state index in [9.17, 15) is 4.79 Å². The molecule has 3 rings (SSSR count). The van der Waals surface area contributed by atoms with Crippen LogP contribution in [0.2, 0.25) is 0 Å². The molecule has 0 saturated carbocycles. The van der Waals surface area contributed by atoms with Gasteiger partial charge in [0.2, 0.25) is 5.88 Å². The quantitative estimate of drug-likeness (QED) is 0.907. The lowest BCUT2D eigenvalue weighted by Crippen LogP contribution is -2.46. The number of ether oxygens (including phenoxy) is 1. The van der Waals surface area contributed by atoms with Crippen molar-refractivity contribution in [2.24, 2.45) is 0 Å². The second-order valence-corrected chi connectivity index (χ2v) is 5.53. The zero-order valence-electron chi connectivity index (χ0n) is 11.8. The molecule has 0 radical (unpaired) electrons. The van der Waals surface area contributed by atoms with Crippen molar-refractivity contribution in [2.75, 3.05) is 20.2 Å². The highest BCUT2D eigenvalue weighted by molar-refractivity contribution is 5.96. The van der Waals surface area contributed by atoms with Gasteiger partial charge >= 0.3 is 0 Å². The Kier molecular flexibility index (Phi) is 3.87. The first-order valence-electron chi connectivity index (χ1n) is 7.33. The van der Waals surface area contributed by atoms with Gasteiger partial charge in [0, 0.05) is 24.8 Å². The van der Waals surface area contributed by atoms with Crippen molar-refractivity contribution in [1.29, 1.82) is 0 Å². The minimum atomic E-state index is -0.0765. The molecule has 2 unspecified atom stereocenters. The molecule has 1 aromatic heterocycles. The summed E-state index contributed by atoms with van der Waals surface area (Å²) in [4.78, 5) is 19.0. The molecule has 2 saturated heterocycles. The molecule has 0 bridgehead atoms. The fourth-order valence-electron chi connectivity index (χ4n) is 3.39. The van der Waals surface area contributed by atoms with Crippen LogP contribution in [0, 0.1) is 0 Å². The zero-order chi connectivity index (χ0) is 13.9. The number of hydrogen-bond acceptors (Lipinski definition) is 4. The van der Waals surface area contributed by atoms with Crippen molar-refractivity contribution >= 4 is 5.91 Å². The van der Waals surface area contributed by atoms with Gasteiger partial charge in [-0.3, -0.25) is 9.69 Å². The van der Waals surface area contributed by atoms with Gasteiger partial charge in [-0.2, -0.15) is 0 Å². The molecule has 2 fully saturated rings. The third-order valence-electron chi connectivity index (χ3n) is 4.38. The van der Waals surface area contributed by atoms with Crippen molar-refractivity contribution in [3.63, 3.8) is 0 Å². The van der Waals surface area contributed by atoms with Crippen LogP contribution in [0.25, 0.3) is 0 Å². The van der Waals surface area contributed by atoms with Crippen LogP contribution in [-0.2, 0) is 0 Å². The van der Waals surface area contributed by atoms with E-state index in [0.29, 0.717) is 17.5 Å². The Morgan fingerprint density at radius 2 is 2.30 bits per heavy atom. The topological polar surface area (TPSA) is 54.5 Å². The Morgan fingerprint density at radius 1 is 1.40 bits per heavy atom. The minimum absolute atomic E-state index is 0.0765. The standard InChI is InChI=1S/C15H21N3O2/c1-20-15-11(5-4-8-16-15)14(19)17-12-7-10-18-9-3-2-6-13(12)18/h4-5,8,12-13H,2-3,6-7,9-10H2,1H3,(H,17,19). The molecule has 2 aliphatic rings. The van der Waals surface area contributed by atoms with E-state index in [1.807, 2.05) is 0 Å². The summed E-state index contributed by atoms with van der Waals surface area (Å²) in [7, 11) is 1.54. The highest BCUT2D eigenvalue weighted by atomic mass is 16.5. The largest absolute Gasteiger partial charge is 0.480 e. The van der Waals surface area contributed by atoms with Crippen LogP contribution in [0.4, 0.5) is 0 Å². The molecule has 5 nitrogen and oxygen atoms in total. The van der Waals surface area contributed by atoms with Crippen molar-refractivity contribution in [2.45, 2.75) is 37.8 Å². The molecule has 1 N–H and O–H groups in total. The van der Waals surface area contributed by atoms with Crippen LogP contribution in [-0.4, -0.2) is 48.1 Å². The third-order valence-corrected chi connectivity index (χ3v) is 4.38. The minimum Gasteiger partial charge on any atom is -0.480 e. The van der Waals surface area contributed by atoms with Gasteiger partial charge < -0.3 is 10.1 Å². The average molecular weight is 275 g/mol. The number of carbonyl (C=O) groups is 1. The molecule has 2 atom stereocenters. The molecule has 1 amide bonds. The van der Waals surface area contributed by atoms with Crippen LogP contribution in [0.3, 0.4) is 0 Å². The average Bonchev–Trinajstić information content (AvgIpc) is 2.90. The number of amides is 1. The van der Waals surface area contributed by atoms with Gasteiger partial charge in [0.1, 0.15) is 5.56 Å². The molecule has 0 spiro atoms. The van der Waals surface area contributed by atoms with Crippen LogP contribution in [0.1, 0.15) is 36.0 Å². The predicted molar refractivity (Wildman–Crippen MR) is 75.9 cm³/mol. The van der Waals surface area contributed by atoms with E-state index in [0.717, 1.165) is 13.0 Å². The number of fused-ring (bicyclic) bond motifs is 1. The Labute approximate surface area is 119 Å². The number of nitrogens with zero attached hydrogens (tertiary/aromatic N) is 2. The molecule has 1 aromatic rings. The maximum Gasteiger partial charge on any atom is 0.257 e. The summed E-state index contributed by atoms with van der Waals surface area (Å²) in [6.07, 6.45) is 6.42. The summed E-state index contributed by atoms with van der Waals surface area (Å²) >= 11 is 0. The monoisotopic (exact) mass is 275 g/mol. The lowest BCUT2D eigenvalue weighted by atomic mass is 9.99. The van der Waals surface area contributed by atoms with Crippen LogP contribution < -0.4 is 10.1 Å². The second kappa shape index (κ2) is 5.79. The Hall–Kier alpha value is -1.62. The molecule has 5 heteroatoms. The second-order valence-electron chi connectivity index (χ2n) is 5.53. The molecular formula is C15H21N3O2. The SMILES string of the molecule is COc1ncccc1C(=O)NC1CCN2CCCCC12. The lowest BCUT2D eigenvalue weighted by Gasteiger charge is -2.32. The Balaban J connectivity index is 1.70. The van der Waals surface area contributed by atoms with E-state index in [-0.39, 0.29) is 11.9 Å². The highest BCUT2D eigenvalue weighted by Crippen LogP contribution is 2.27. The number of hydrogen-bond donors (Lipinski definition) is 1. The van der Waals surface area contributed by atoms with E-state index in [4.69, 9.17) is 4.74 Å². The molecular weight excluding hydrogens is 254 g/mol. The van der Waals surface area contributed by atoms with Crippen molar-refractivity contribution in [3.8, 4) is 5.88 Å². The number of pyridine rings is 1. The maximum atomic E-state index is 12.4. The van der Waals surface area contributed by atoms with Crippen LogP contribution >= 0.6 is 0 Å². The normalized spacial score (nSPS) is 26.1. The molecule has 20 heavy (non-hydrogen) atoms. The number of piperidine rings is 1. The van der Waals surface area contributed by atoms with Gasteiger partial charge in [0.15, 0.2) is 0 Å². The summed E-state index contributed by atoms with van der Waals surface area (Å²) in [5.41, 5.74) is 0.518. The van der Waals surface area contributed by atoms with Crippen molar-refractivity contribution < 1.29 is 9.53 Å².